The quantitative estimate of drug-likeness (QED) is 0.789. The minimum absolute atomic E-state index is 0.376. The zero-order valence-corrected chi connectivity index (χ0v) is 12.8. The number of aliphatic hydroxyl groups excluding tert-OH is 1. The summed E-state index contributed by atoms with van der Waals surface area (Å²) in [7, 11) is 0. The van der Waals surface area contributed by atoms with Crippen LogP contribution in [0, 0.1) is 0 Å². The largest absolute Gasteiger partial charge is 0.386 e. The van der Waals surface area contributed by atoms with Gasteiger partial charge in [-0.05, 0) is 17.7 Å². The summed E-state index contributed by atoms with van der Waals surface area (Å²) in [6, 6.07) is 17.5. The van der Waals surface area contributed by atoms with Crippen LogP contribution in [0.15, 0.2) is 65.3 Å². The standard InChI is InChI=1S/C16H14BrN3O/c17-14-8-6-13(7-9-14)16(21)11-20-10-15(18-19-20)12-4-2-1-3-5-12/h1-10,16,21H,11H2/t16-/m0/s1. The smallest absolute Gasteiger partial charge is 0.113 e. The van der Waals surface area contributed by atoms with E-state index in [0.717, 1.165) is 21.3 Å². The molecule has 1 aromatic heterocycles. The van der Waals surface area contributed by atoms with E-state index in [-0.39, 0.29) is 0 Å². The third-order valence-corrected chi connectivity index (χ3v) is 3.75. The van der Waals surface area contributed by atoms with Crippen molar-refractivity contribution in [2.24, 2.45) is 0 Å². The first kappa shape index (κ1) is 14.0. The molecule has 3 rings (SSSR count). The van der Waals surface area contributed by atoms with E-state index >= 15 is 0 Å². The zero-order valence-electron chi connectivity index (χ0n) is 11.2. The van der Waals surface area contributed by atoms with E-state index in [0.29, 0.717) is 6.54 Å². The van der Waals surface area contributed by atoms with Crippen molar-refractivity contribution in [1.29, 1.82) is 0 Å². The lowest BCUT2D eigenvalue weighted by Crippen LogP contribution is -2.09. The fourth-order valence-electron chi connectivity index (χ4n) is 2.10. The summed E-state index contributed by atoms with van der Waals surface area (Å²) < 4.78 is 2.65. The predicted molar refractivity (Wildman–Crippen MR) is 84.6 cm³/mol. The van der Waals surface area contributed by atoms with Gasteiger partial charge in [0.25, 0.3) is 0 Å². The maximum atomic E-state index is 10.2. The van der Waals surface area contributed by atoms with Gasteiger partial charge in [-0.2, -0.15) is 0 Å². The van der Waals surface area contributed by atoms with E-state index in [9.17, 15) is 5.11 Å². The maximum absolute atomic E-state index is 10.2. The van der Waals surface area contributed by atoms with Gasteiger partial charge in [0, 0.05) is 10.0 Å². The van der Waals surface area contributed by atoms with E-state index in [2.05, 4.69) is 26.2 Å². The maximum Gasteiger partial charge on any atom is 0.113 e. The third kappa shape index (κ3) is 3.37. The first-order valence-electron chi connectivity index (χ1n) is 6.61. The van der Waals surface area contributed by atoms with Crippen molar-refractivity contribution < 1.29 is 5.11 Å². The highest BCUT2D eigenvalue weighted by molar-refractivity contribution is 9.10. The Morgan fingerprint density at radius 2 is 1.76 bits per heavy atom. The molecule has 1 atom stereocenters. The summed E-state index contributed by atoms with van der Waals surface area (Å²) in [5.74, 6) is 0. The molecule has 5 heteroatoms. The normalized spacial score (nSPS) is 12.3. The monoisotopic (exact) mass is 343 g/mol. The van der Waals surface area contributed by atoms with Crippen LogP contribution in [0.1, 0.15) is 11.7 Å². The highest BCUT2D eigenvalue weighted by Crippen LogP contribution is 2.19. The van der Waals surface area contributed by atoms with Crippen molar-refractivity contribution in [3.8, 4) is 11.3 Å². The highest BCUT2D eigenvalue weighted by Gasteiger charge is 2.10. The molecule has 0 aliphatic rings. The lowest BCUT2D eigenvalue weighted by atomic mass is 10.1. The molecule has 106 valence electrons. The van der Waals surface area contributed by atoms with Crippen LogP contribution in [0.4, 0.5) is 0 Å². The van der Waals surface area contributed by atoms with Gasteiger partial charge in [-0.3, -0.25) is 0 Å². The molecule has 0 saturated heterocycles. The summed E-state index contributed by atoms with van der Waals surface area (Å²) in [6.07, 6.45) is 1.24. The zero-order chi connectivity index (χ0) is 14.7. The molecule has 3 aromatic rings. The molecule has 0 spiro atoms. The number of benzene rings is 2. The van der Waals surface area contributed by atoms with Crippen molar-refractivity contribution >= 4 is 15.9 Å². The molecule has 0 aliphatic carbocycles. The van der Waals surface area contributed by atoms with Gasteiger partial charge in [-0.25, -0.2) is 4.68 Å². The summed E-state index contributed by atoms with van der Waals surface area (Å²) >= 11 is 3.38. The average Bonchev–Trinajstić information content (AvgIpc) is 2.97. The van der Waals surface area contributed by atoms with Gasteiger partial charge >= 0.3 is 0 Å². The Morgan fingerprint density at radius 3 is 2.48 bits per heavy atom. The van der Waals surface area contributed by atoms with Gasteiger partial charge in [0.1, 0.15) is 5.69 Å². The van der Waals surface area contributed by atoms with E-state index < -0.39 is 6.10 Å². The number of hydrogen-bond donors (Lipinski definition) is 1. The van der Waals surface area contributed by atoms with Crippen LogP contribution in [0.25, 0.3) is 11.3 Å². The number of aliphatic hydroxyl groups is 1. The first-order chi connectivity index (χ1) is 10.2. The van der Waals surface area contributed by atoms with Crippen molar-refractivity contribution in [1.82, 2.24) is 15.0 Å². The SMILES string of the molecule is O[C@@H](Cn1cc(-c2ccccc2)nn1)c1ccc(Br)cc1. The van der Waals surface area contributed by atoms with Crippen molar-refractivity contribution in [2.75, 3.05) is 0 Å². The summed E-state index contributed by atoms with van der Waals surface area (Å²) in [5.41, 5.74) is 2.68. The van der Waals surface area contributed by atoms with E-state index in [4.69, 9.17) is 0 Å². The van der Waals surface area contributed by atoms with Gasteiger partial charge < -0.3 is 5.11 Å². The Hall–Kier alpha value is -1.98. The molecule has 0 radical (unpaired) electrons. The highest BCUT2D eigenvalue weighted by atomic mass is 79.9. The molecule has 2 aromatic carbocycles. The molecular formula is C16H14BrN3O. The lowest BCUT2D eigenvalue weighted by Gasteiger charge is -2.10. The molecule has 1 heterocycles. The van der Waals surface area contributed by atoms with Gasteiger partial charge in [0.2, 0.25) is 0 Å². The lowest BCUT2D eigenvalue weighted by molar-refractivity contribution is 0.150. The minimum Gasteiger partial charge on any atom is -0.386 e. The van der Waals surface area contributed by atoms with E-state index in [1.165, 1.54) is 0 Å². The molecule has 0 fully saturated rings. The van der Waals surface area contributed by atoms with Crippen LogP contribution in [0.5, 0.6) is 0 Å². The van der Waals surface area contributed by atoms with Gasteiger partial charge in [0.15, 0.2) is 0 Å². The molecule has 21 heavy (non-hydrogen) atoms. The van der Waals surface area contributed by atoms with Crippen molar-refractivity contribution in [3.63, 3.8) is 0 Å². The van der Waals surface area contributed by atoms with Crippen LogP contribution >= 0.6 is 15.9 Å². The molecule has 0 unspecified atom stereocenters. The fourth-order valence-corrected chi connectivity index (χ4v) is 2.36. The van der Waals surface area contributed by atoms with Gasteiger partial charge in [-0.15, -0.1) is 5.10 Å². The van der Waals surface area contributed by atoms with Crippen molar-refractivity contribution in [3.05, 3.63) is 70.8 Å². The second-order valence-electron chi connectivity index (χ2n) is 4.76. The van der Waals surface area contributed by atoms with Crippen LogP contribution in [-0.2, 0) is 6.54 Å². The van der Waals surface area contributed by atoms with E-state index in [1.807, 2.05) is 60.8 Å². The first-order valence-corrected chi connectivity index (χ1v) is 7.41. The van der Waals surface area contributed by atoms with Crippen LogP contribution < -0.4 is 0 Å². The Balaban J connectivity index is 1.74. The Labute approximate surface area is 131 Å². The number of halogens is 1. The fraction of sp³-hybridized carbons (Fsp3) is 0.125. The summed E-state index contributed by atoms with van der Waals surface area (Å²) in [5, 5.41) is 18.5. The molecule has 0 aliphatic heterocycles. The molecule has 0 bridgehead atoms. The number of hydrogen-bond acceptors (Lipinski definition) is 3. The number of rotatable bonds is 4. The van der Waals surface area contributed by atoms with E-state index in [1.54, 1.807) is 4.68 Å². The Kier molecular flexibility index (Phi) is 4.13. The van der Waals surface area contributed by atoms with Crippen LogP contribution in [0.2, 0.25) is 0 Å². The van der Waals surface area contributed by atoms with Gasteiger partial charge in [0.05, 0.1) is 18.8 Å². The summed E-state index contributed by atoms with van der Waals surface area (Å²) in [4.78, 5) is 0. The van der Waals surface area contributed by atoms with Crippen LogP contribution in [0.3, 0.4) is 0 Å². The number of nitrogens with zero attached hydrogens (tertiary/aromatic N) is 3. The second-order valence-corrected chi connectivity index (χ2v) is 5.67. The molecular weight excluding hydrogens is 330 g/mol. The van der Waals surface area contributed by atoms with Gasteiger partial charge in [-0.1, -0.05) is 63.6 Å². The predicted octanol–water partition coefficient (Wildman–Crippen LogP) is 3.44. The Morgan fingerprint density at radius 1 is 1.05 bits per heavy atom. The topological polar surface area (TPSA) is 50.9 Å². The number of aromatic nitrogens is 3. The third-order valence-electron chi connectivity index (χ3n) is 3.22. The van der Waals surface area contributed by atoms with Crippen molar-refractivity contribution in [2.45, 2.75) is 12.6 Å². The summed E-state index contributed by atoms with van der Waals surface area (Å²) in [6.45, 7) is 0.376. The average molecular weight is 344 g/mol. The minimum atomic E-state index is -0.608. The Bertz CT molecular complexity index is 710. The van der Waals surface area contributed by atoms with Crippen LogP contribution in [-0.4, -0.2) is 20.1 Å². The molecule has 4 nitrogen and oxygen atoms in total. The molecule has 0 amide bonds. The second kappa shape index (κ2) is 6.20. The molecule has 0 saturated carbocycles. The molecule has 1 N–H and O–H groups in total.